The first-order valence-corrected chi connectivity index (χ1v) is 11.8. The van der Waals surface area contributed by atoms with Gasteiger partial charge in [-0.1, -0.05) is 62.2 Å². The highest BCUT2D eigenvalue weighted by Crippen LogP contribution is 2.31. The molecule has 1 heterocycles. The fourth-order valence-corrected chi connectivity index (χ4v) is 4.63. The third-order valence-electron chi connectivity index (χ3n) is 6.53. The van der Waals surface area contributed by atoms with E-state index in [1.54, 1.807) is 24.3 Å². The van der Waals surface area contributed by atoms with Gasteiger partial charge in [0.1, 0.15) is 6.54 Å². The lowest BCUT2D eigenvalue weighted by Gasteiger charge is -2.34. The van der Waals surface area contributed by atoms with Gasteiger partial charge in [-0.25, -0.2) is 9.69 Å². The van der Waals surface area contributed by atoms with Gasteiger partial charge >= 0.3 is 17.8 Å². The zero-order chi connectivity index (χ0) is 24.9. The van der Waals surface area contributed by atoms with E-state index in [4.69, 9.17) is 0 Å². The van der Waals surface area contributed by atoms with Crippen LogP contribution in [0.4, 0.5) is 10.5 Å². The second-order valence-electron chi connectivity index (χ2n) is 8.94. The Bertz CT molecular complexity index is 1150. The molecule has 2 aliphatic rings. The maximum atomic E-state index is 12.9. The van der Waals surface area contributed by atoms with Crippen molar-refractivity contribution in [2.75, 3.05) is 11.9 Å². The van der Waals surface area contributed by atoms with Crippen molar-refractivity contribution in [2.45, 2.75) is 45.2 Å². The molecule has 4 rings (SSSR count). The molecule has 2 aromatic carbocycles. The molecule has 0 spiro atoms. The number of nitrogens with one attached hydrogen (secondary N) is 2. The first kappa shape index (κ1) is 24.1. The van der Waals surface area contributed by atoms with Gasteiger partial charge in [0.15, 0.2) is 0 Å². The Morgan fingerprint density at radius 1 is 0.914 bits per heavy atom. The summed E-state index contributed by atoms with van der Waals surface area (Å²) in [5, 5.41) is 5.41. The zero-order valence-corrected chi connectivity index (χ0v) is 19.5. The van der Waals surface area contributed by atoms with E-state index in [0.29, 0.717) is 17.9 Å². The van der Waals surface area contributed by atoms with Crippen molar-refractivity contribution in [1.82, 2.24) is 15.1 Å². The second kappa shape index (κ2) is 10.5. The van der Waals surface area contributed by atoms with E-state index < -0.39 is 30.3 Å². The van der Waals surface area contributed by atoms with Gasteiger partial charge in [-0.2, -0.15) is 0 Å². The SMILES string of the molecule is CC1CCCCC1N1C(=O)C(=O)N(CC(=O)Nc2ccccc2C(=O)NCc2ccccc2)C1=O. The van der Waals surface area contributed by atoms with Crippen molar-refractivity contribution in [1.29, 1.82) is 0 Å². The molecule has 9 heteroatoms. The largest absolute Gasteiger partial charge is 0.348 e. The molecule has 1 aliphatic carbocycles. The van der Waals surface area contributed by atoms with E-state index in [0.717, 1.165) is 29.7 Å². The van der Waals surface area contributed by atoms with E-state index in [1.807, 2.05) is 37.3 Å². The summed E-state index contributed by atoms with van der Waals surface area (Å²) in [6.45, 7) is 1.67. The molecule has 0 radical (unpaired) electrons. The van der Waals surface area contributed by atoms with Crippen molar-refractivity contribution in [3.05, 3.63) is 65.7 Å². The Morgan fingerprint density at radius 2 is 1.60 bits per heavy atom. The fraction of sp³-hybridized carbons (Fsp3) is 0.346. The number of benzene rings is 2. The summed E-state index contributed by atoms with van der Waals surface area (Å²) >= 11 is 0. The highest BCUT2D eigenvalue weighted by atomic mass is 16.2. The molecule has 2 N–H and O–H groups in total. The van der Waals surface area contributed by atoms with E-state index in [-0.39, 0.29) is 29.1 Å². The topological polar surface area (TPSA) is 116 Å². The van der Waals surface area contributed by atoms with Crippen LogP contribution in [-0.2, 0) is 20.9 Å². The van der Waals surface area contributed by atoms with Gasteiger partial charge in [0.2, 0.25) is 5.91 Å². The lowest BCUT2D eigenvalue weighted by atomic mass is 9.85. The van der Waals surface area contributed by atoms with E-state index >= 15 is 0 Å². The number of rotatable bonds is 7. The van der Waals surface area contributed by atoms with Gasteiger partial charge in [-0.15, -0.1) is 0 Å². The normalized spacial score (nSPS) is 20.2. The van der Waals surface area contributed by atoms with Crippen LogP contribution in [0.5, 0.6) is 0 Å². The lowest BCUT2D eigenvalue weighted by molar-refractivity contribution is -0.145. The molecule has 0 bridgehead atoms. The molecule has 2 unspecified atom stereocenters. The summed E-state index contributed by atoms with van der Waals surface area (Å²) in [5.41, 5.74) is 1.41. The minimum atomic E-state index is -1.00. The average Bonchev–Trinajstić information content (AvgIpc) is 3.07. The molecular formula is C26H28N4O5. The van der Waals surface area contributed by atoms with E-state index in [1.165, 1.54) is 0 Å². The van der Waals surface area contributed by atoms with Gasteiger partial charge < -0.3 is 10.6 Å². The van der Waals surface area contributed by atoms with Crippen LogP contribution in [-0.4, -0.2) is 52.0 Å². The molecule has 2 aromatic rings. The van der Waals surface area contributed by atoms with Crippen LogP contribution in [0.1, 0.15) is 48.5 Å². The summed E-state index contributed by atoms with van der Waals surface area (Å²) in [7, 11) is 0. The van der Waals surface area contributed by atoms with E-state index in [9.17, 15) is 24.0 Å². The van der Waals surface area contributed by atoms with Crippen LogP contribution in [0.25, 0.3) is 0 Å². The number of hydrogen-bond donors (Lipinski definition) is 2. The van der Waals surface area contributed by atoms with Gasteiger partial charge in [0.25, 0.3) is 5.91 Å². The van der Waals surface area contributed by atoms with Crippen LogP contribution in [0, 0.1) is 5.92 Å². The molecule has 6 amide bonds. The third-order valence-corrected chi connectivity index (χ3v) is 6.53. The molecule has 1 saturated carbocycles. The fourth-order valence-electron chi connectivity index (χ4n) is 4.63. The zero-order valence-electron chi connectivity index (χ0n) is 19.5. The van der Waals surface area contributed by atoms with Crippen LogP contribution in [0.15, 0.2) is 54.6 Å². The number of imide groups is 2. The maximum absolute atomic E-state index is 12.9. The number of carbonyl (C=O) groups excluding carboxylic acids is 5. The Labute approximate surface area is 203 Å². The summed E-state index contributed by atoms with van der Waals surface area (Å²) in [6, 6.07) is 14.8. The molecule has 35 heavy (non-hydrogen) atoms. The first-order chi connectivity index (χ1) is 16.9. The monoisotopic (exact) mass is 476 g/mol. The van der Waals surface area contributed by atoms with Crippen molar-refractivity contribution in [2.24, 2.45) is 5.92 Å². The van der Waals surface area contributed by atoms with Crippen molar-refractivity contribution in [3.8, 4) is 0 Å². The Hall–Kier alpha value is -4.01. The molecule has 9 nitrogen and oxygen atoms in total. The van der Waals surface area contributed by atoms with Crippen molar-refractivity contribution >= 4 is 35.3 Å². The van der Waals surface area contributed by atoms with Crippen LogP contribution >= 0.6 is 0 Å². The smallest absolute Gasteiger partial charge is 0.334 e. The van der Waals surface area contributed by atoms with Crippen LogP contribution < -0.4 is 10.6 Å². The number of urea groups is 1. The predicted octanol–water partition coefficient (Wildman–Crippen LogP) is 2.92. The molecule has 182 valence electrons. The Morgan fingerprint density at radius 3 is 2.34 bits per heavy atom. The summed E-state index contributed by atoms with van der Waals surface area (Å²) in [4.78, 5) is 65.2. The number of carbonyl (C=O) groups is 5. The van der Waals surface area contributed by atoms with E-state index in [2.05, 4.69) is 10.6 Å². The summed E-state index contributed by atoms with van der Waals surface area (Å²) in [5.74, 6) is -2.86. The Balaban J connectivity index is 1.41. The molecular weight excluding hydrogens is 448 g/mol. The average molecular weight is 477 g/mol. The molecule has 2 atom stereocenters. The van der Waals surface area contributed by atoms with Gasteiger partial charge in [0.05, 0.1) is 11.3 Å². The first-order valence-electron chi connectivity index (χ1n) is 11.8. The minimum Gasteiger partial charge on any atom is -0.348 e. The second-order valence-corrected chi connectivity index (χ2v) is 8.94. The summed E-state index contributed by atoms with van der Waals surface area (Å²) in [6.07, 6.45) is 3.42. The maximum Gasteiger partial charge on any atom is 0.334 e. The molecule has 0 aromatic heterocycles. The highest BCUT2D eigenvalue weighted by molar-refractivity contribution is 6.45. The number of amides is 6. The molecule has 1 aliphatic heterocycles. The molecule has 2 fully saturated rings. The quantitative estimate of drug-likeness (QED) is 0.471. The van der Waals surface area contributed by atoms with Gasteiger partial charge in [-0.05, 0) is 36.5 Å². The lowest BCUT2D eigenvalue weighted by Crippen LogP contribution is -2.46. The highest BCUT2D eigenvalue weighted by Gasteiger charge is 2.49. The standard InChI is InChI=1S/C26H28N4O5/c1-17-9-5-8-14-21(17)30-25(34)24(33)29(26(30)35)16-22(31)28-20-13-7-6-12-19(20)23(32)27-15-18-10-3-2-4-11-18/h2-4,6-7,10-13,17,21H,5,8-9,14-16H2,1H3,(H,27,32)(H,28,31). The minimum absolute atomic E-state index is 0.0968. The van der Waals surface area contributed by atoms with Crippen LogP contribution in [0.2, 0.25) is 0 Å². The van der Waals surface area contributed by atoms with Gasteiger partial charge in [0, 0.05) is 12.6 Å². The van der Waals surface area contributed by atoms with Crippen molar-refractivity contribution in [3.63, 3.8) is 0 Å². The van der Waals surface area contributed by atoms with Gasteiger partial charge in [-0.3, -0.25) is 24.1 Å². The van der Waals surface area contributed by atoms with Crippen molar-refractivity contribution < 1.29 is 24.0 Å². The predicted molar refractivity (Wildman–Crippen MR) is 128 cm³/mol. The third kappa shape index (κ3) is 5.24. The Kier molecular flexibility index (Phi) is 7.24. The number of hydrogen-bond acceptors (Lipinski definition) is 5. The molecule has 1 saturated heterocycles. The van der Waals surface area contributed by atoms with Crippen LogP contribution in [0.3, 0.4) is 0 Å². The summed E-state index contributed by atoms with van der Waals surface area (Å²) < 4.78 is 0. The number of para-hydroxylation sites is 1. The number of anilines is 1. The number of nitrogens with zero attached hydrogens (tertiary/aromatic N) is 2.